The summed E-state index contributed by atoms with van der Waals surface area (Å²) in [5.74, 6) is 0.828. The van der Waals surface area contributed by atoms with Crippen molar-refractivity contribution in [1.82, 2.24) is 5.32 Å². The lowest BCUT2D eigenvalue weighted by molar-refractivity contribution is 0.0305. The van der Waals surface area contributed by atoms with Crippen LogP contribution in [0.3, 0.4) is 0 Å². The number of hydrogen-bond donors (Lipinski definition) is 1. The van der Waals surface area contributed by atoms with E-state index in [-0.39, 0.29) is 28.5 Å². The van der Waals surface area contributed by atoms with E-state index in [1.54, 1.807) is 0 Å². The van der Waals surface area contributed by atoms with E-state index in [4.69, 9.17) is 14.5 Å². The molecule has 0 aromatic rings. The predicted octanol–water partition coefficient (Wildman–Crippen LogP) is 3.22. The van der Waals surface area contributed by atoms with Crippen LogP contribution in [-0.2, 0) is 9.47 Å². The van der Waals surface area contributed by atoms with Gasteiger partial charge in [-0.25, -0.2) is 4.99 Å². The van der Waals surface area contributed by atoms with Crippen LogP contribution >= 0.6 is 0 Å². The summed E-state index contributed by atoms with van der Waals surface area (Å²) in [6.07, 6.45) is -0.0424. The Labute approximate surface area is 129 Å². The average molecular weight is 296 g/mol. The van der Waals surface area contributed by atoms with Crippen molar-refractivity contribution in [3.8, 4) is 0 Å². The van der Waals surface area contributed by atoms with Crippen molar-refractivity contribution < 1.29 is 9.47 Å². The molecule has 0 aromatic heterocycles. The van der Waals surface area contributed by atoms with E-state index in [9.17, 15) is 0 Å². The lowest BCUT2D eigenvalue weighted by Gasteiger charge is -2.32. The smallest absolute Gasteiger partial charge is 0.193 e. The number of nitrogens with one attached hydrogen (secondary N) is 1. The molecule has 0 saturated carbocycles. The van der Waals surface area contributed by atoms with Gasteiger partial charge in [0.1, 0.15) is 12.8 Å². The molecule has 122 valence electrons. The first-order valence-electron chi connectivity index (χ1n) is 8.01. The zero-order chi connectivity index (χ0) is 16.1. The lowest BCUT2D eigenvalue weighted by atomic mass is 9.86. The van der Waals surface area contributed by atoms with Gasteiger partial charge < -0.3 is 9.47 Å². The van der Waals surface area contributed by atoms with Gasteiger partial charge in [-0.1, -0.05) is 41.5 Å². The van der Waals surface area contributed by atoms with Crippen molar-refractivity contribution in [3.05, 3.63) is 0 Å². The second-order valence-corrected chi connectivity index (χ2v) is 9.15. The second-order valence-electron chi connectivity index (χ2n) is 9.15. The van der Waals surface area contributed by atoms with Gasteiger partial charge in [0.15, 0.2) is 5.90 Å². The average Bonchev–Trinajstić information content (AvgIpc) is 2.97. The molecule has 2 aliphatic heterocycles. The molecule has 2 heterocycles. The van der Waals surface area contributed by atoms with Gasteiger partial charge in [-0.3, -0.25) is 5.32 Å². The molecule has 2 rings (SSSR count). The summed E-state index contributed by atoms with van der Waals surface area (Å²) in [4.78, 5) is 4.84. The largest absolute Gasteiger partial charge is 0.478 e. The first-order chi connectivity index (χ1) is 9.42. The van der Waals surface area contributed by atoms with Crippen LogP contribution in [0.15, 0.2) is 4.99 Å². The third kappa shape index (κ3) is 3.42. The summed E-state index contributed by atoms with van der Waals surface area (Å²) in [6, 6.07) is 0.591. The van der Waals surface area contributed by atoms with Crippen molar-refractivity contribution in [2.24, 2.45) is 21.2 Å². The van der Waals surface area contributed by atoms with Gasteiger partial charge in [0, 0.05) is 6.04 Å². The molecule has 1 saturated heterocycles. The summed E-state index contributed by atoms with van der Waals surface area (Å²) < 4.78 is 11.9. The van der Waals surface area contributed by atoms with Crippen molar-refractivity contribution in [2.75, 3.05) is 13.2 Å². The molecule has 1 N–H and O–H groups in total. The van der Waals surface area contributed by atoms with Gasteiger partial charge >= 0.3 is 0 Å². The highest BCUT2D eigenvalue weighted by molar-refractivity contribution is 5.84. The Bertz CT molecular complexity index is 415. The van der Waals surface area contributed by atoms with E-state index >= 15 is 0 Å². The van der Waals surface area contributed by atoms with Crippen molar-refractivity contribution in [2.45, 2.75) is 73.7 Å². The maximum Gasteiger partial charge on any atom is 0.193 e. The molecule has 3 atom stereocenters. The minimum Gasteiger partial charge on any atom is -0.478 e. The van der Waals surface area contributed by atoms with Gasteiger partial charge in [-0.15, -0.1) is 0 Å². The maximum atomic E-state index is 6.02. The van der Waals surface area contributed by atoms with E-state index in [1.807, 2.05) is 0 Å². The summed E-state index contributed by atoms with van der Waals surface area (Å²) in [6.45, 7) is 19.1. The van der Waals surface area contributed by atoms with Gasteiger partial charge in [0.2, 0.25) is 0 Å². The number of hydrogen-bond acceptors (Lipinski definition) is 4. The topological polar surface area (TPSA) is 42.9 Å². The van der Waals surface area contributed by atoms with E-state index in [0.29, 0.717) is 12.6 Å². The van der Waals surface area contributed by atoms with Crippen molar-refractivity contribution in [3.63, 3.8) is 0 Å². The fourth-order valence-electron chi connectivity index (χ4n) is 2.67. The summed E-state index contributed by atoms with van der Waals surface area (Å²) >= 11 is 0. The minimum absolute atomic E-state index is 0.0424. The molecule has 0 amide bonds. The van der Waals surface area contributed by atoms with Crippen LogP contribution in [0.1, 0.15) is 55.4 Å². The zero-order valence-electron chi connectivity index (χ0n) is 14.9. The second kappa shape index (κ2) is 5.24. The number of nitrogens with zero attached hydrogens (tertiary/aromatic N) is 1. The highest BCUT2D eigenvalue weighted by Gasteiger charge is 2.46. The van der Waals surface area contributed by atoms with Crippen LogP contribution in [-0.4, -0.2) is 37.4 Å². The van der Waals surface area contributed by atoms with E-state index in [2.05, 4.69) is 60.7 Å². The quantitative estimate of drug-likeness (QED) is 0.851. The van der Waals surface area contributed by atoms with Crippen LogP contribution in [0.25, 0.3) is 0 Å². The first kappa shape index (κ1) is 16.8. The molecule has 4 heteroatoms. The van der Waals surface area contributed by atoms with Crippen molar-refractivity contribution in [1.29, 1.82) is 0 Å². The van der Waals surface area contributed by atoms with E-state index in [1.165, 1.54) is 0 Å². The fraction of sp³-hybridized carbons (Fsp3) is 0.941. The highest BCUT2D eigenvalue weighted by atomic mass is 16.5. The normalized spacial score (nSPS) is 31.2. The van der Waals surface area contributed by atoms with Gasteiger partial charge in [0.25, 0.3) is 0 Å². The highest BCUT2D eigenvalue weighted by Crippen LogP contribution is 2.36. The number of ether oxygens (including phenoxy) is 2. The molecular formula is C17H32N2O2. The SMILES string of the molecule is CC(C)(C)C1COC(C(C)(C)C2=N[C@@H](C(C)(C)C)CO2)N1. The molecule has 0 bridgehead atoms. The molecule has 0 spiro atoms. The van der Waals surface area contributed by atoms with Gasteiger partial charge in [-0.2, -0.15) is 0 Å². The standard InChI is InChI=1S/C17H32N2O2/c1-15(2,3)11-9-20-13(18-11)17(7,8)14-19-12(10-21-14)16(4,5)6/h11-13,18H,9-10H2,1-8H3/t11?,12-,13?/m1/s1. The lowest BCUT2D eigenvalue weighted by Crippen LogP contribution is -2.48. The van der Waals surface area contributed by atoms with Crippen LogP contribution in [0.5, 0.6) is 0 Å². The molecule has 21 heavy (non-hydrogen) atoms. The van der Waals surface area contributed by atoms with Gasteiger partial charge in [0.05, 0.1) is 18.1 Å². The molecular weight excluding hydrogens is 264 g/mol. The summed E-state index contributed by atoms with van der Waals surface area (Å²) in [5, 5.41) is 3.62. The molecule has 2 aliphatic rings. The molecule has 0 radical (unpaired) electrons. The Balaban J connectivity index is 2.10. The first-order valence-corrected chi connectivity index (χ1v) is 8.01. The maximum absolute atomic E-state index is 6.02. The van der Waals surface area contributed by atoms with Gasteiger partial charge in [-0.05, 0) is 24.7 Å². The molecule has 0 aromatic carbocycles. The Morgan fingerprint density at radius 2 is 1.57 bits per heavy atom. The molecule has 2 unspecified atom stereocenters. The fourth-order valence-corrected chi connectivity index (χ4v) is 2.67. The van der Waals surface area contributed by atoms with Crippen LogP contribution < -0.4 is 5.32 Å². The summed E-state index contributed by atoms with van der Waals surface area (Å²) in [7, 11) is 0. The third-order valence-corrected chi connectivity index (χ3v) is 4.68. The van der Waals surface area contributed by atoms with E-state index < -0.39 is 0 Å². The van der Waals surface area contributed by atoms with Crippen LogP contribution in [0, 0.1) is 16.2 Å². The van der Waals surface area contributed by atoms with E-state index in [0.717, 1.165) is 12.5 Å². The molecule has 1 fully saturated rings. The Kier molecular flexibility index (Phi) is 4.18. The zero-order valence-corrected chi connectivity index (χ0v) is 14.9. The minimum atomic E-state index is -0.250. The Morgan fingerprint density at radius 1 is 0.952 bits per heavy atom. The predicted molar refractivity (Wildman–Crippen MR) is 86.5 cm³/mol. The van der Waals surface area contributed by atoms with Crippen molar-refractivity contribution >= 4 is 5.90 Å². The third-order valence-electron chi connectivity index (χ3n) is 4.68. The molecule has 4 nitrogen and oxygen atoms in total. The number of rotatable bonds is 2. The Morgan fingerprint density at radius 3 is 2.00 bits per heavy atom. The molecule has 0 aliphatic carbocycles. The monoisotopic (exact) mass is 296 g/mol. The van der Waals surface area contributed by atoms with Crippen LogP contribution in [0.4, 0.5) is 0 Å². The summed E-state index contributed by atoms with van der Waals surface area (Å²) in [5.41, 5.74) is 0.0762. The van der Waals surface area contributed by atoms with Crippen LogP contribution in [0.2, 0.25) is 0 Å². The Hall–Kier alpha value is -0.610. The number of aliphatic imine (C=N–C) groups is 1.